The van der Waals surface area contributed by atoms with E-state index in [1.165, 1.54) is 0 Å². The van der Waals surface area contributed by atoms with Crippen molar-refractivity contribution in [3.63, 3.8) is 0 Å². The molecule has 0 radical (unpaired) electrons. The Labute approximate surface area is 99.7 Å². The Hall–Kier alpha value is -1.89. The average Bonchev–Trinajstić information content (AvgIpc) is 2.26. The molecule has 0 saturated carbocycles. The van der Waals surface area contributed by atoms with Gasteiger partial charge in [-0.15, -0.1) is 11.6 Å². The fourth-order valence-electron chi connectivity index (χ4n) is 0.989. The number of hydrogen-bond acceptors (Lipinski definition) is 4. The molecule has 1 aromatic carbocycles. The van der Waals surface area contributed by atoms with E-state index in [-0.39, 0.29) is 5.75 Å². The molecule has 0 aliphatic rings. The predicted octanol–water partition coefficient (Wildman–Crippen LogP) is 1.80. The maximum Gasteiger partial charge on any atom is 0.325 e. The molecule has 0 heterocycles. The zero-order chi connectivity index (χ0) is 13.0. The summed E-state index contributed by atoms with van der Waals surface area (Å²) in [4.78, 5) is 20.1. The second-order valence-corrected chi connectivity index (χ2v) is 3.51. The summed E-state index contributed by atoms with van der Waals surface area (Å²) in [6.07, 6.45) is 0. The lowest BCUT2D eigenvalue weighted by Gasteiger charge is -2.08. The van der Waals surface area contributed by atoms with E-state index in [2.05, 4.69) is 0 Å². The van der Waals surface area contributed by atoms with Gasteiger partial charge >= 0.3 is 11.7 Å². The standard InChI is InChI=1S/C9H7ClFNO5/c10-6(9(13)14)4-17-8-2-1-5(11)3-7(8)12(15)16/h1-3,6H,4H2,(H,13,14). The number of carboxylic acid groups (broad SMARTS) is 1. The summed E-state index contributed by atoms with van der Waals surface area (Å²) >= 11 is 5.36. The molecule has 0 amide bonds. The van der Waals surface area contributed by atoms with Gasteiger partial charge in [0, 0.05) is 0 Å². The first-order chi connectivity index (χ1) is 7.91. The van der Waals surface area contributed by atoms with Crippen LogP contribution in [0.15, 0.2) is 18.2 Å². The Morgan fingerprint density at radius 2 is 2.29 bits per heavy atom. The minimum absolute atomic E-state index is 0.233. The van der Waals surface area contributed by atoms with Gasteiger partial charge in [0.15, 0.2) is 11.1 Å². The molecule has 0 fully saturated rings. The molecule has 0 aliphatic heterocycles. The van der Waals surface area contributed by atoms with Crippen LogP contribution in [0.3, 0.4) is 0 Å². The Morgan fingerprint density at radius 3 is 2.82 bits per heavy atom. The van der Waals surface area contributed by atoms with E-state index in [4.69, 9.17) is 21.4 Å². The number of nitro benzene ring substituents is 1. The summed E-state index contributed by atoms with van der Waals surface area (Å²) in [5, 5.41) is 17.7. The lowest BCUT2D eigenvalue weighted by molar-refractivity contribution is -0.386. The van der Waals surface area contributed by atoms with E-state index >= 15 is 0 Å². The van der Waals surface area contributed by atoms with Gasteiger partial charge in [-0.05, 0) is 12.1 Å². The average molecular weight is 264 g/mol. The molecule has 92 valence electrons. The number of carbonyl (C=O) groups is 1. The van der Waals surface area contributed by atoms with Crippen molar-refractivity contribution in [1.82, 2.24) is 0 Å². The molecule has 0 spiro atoms. The van der Waals surface area contributed by atoms with Crippen molar-refractivity contribution in [3.8, 4) is 5.75 Å². The zero-order valence-electron chi connectivity index (χ0n) is 8.30. The lowest BCUT2D eigenvalue weighted by atomic mass is 10.3. The van der Waals surface area contributed by atoms with Crippen LogP contribution >= 0.6 is 11.6 Å². The van der Waals surface area contributed by atoms with E-state index in [9.17, 15) is 19.3 Å². The summed E-state index contributed by atoms with van der Waals surface area (Å²) in [7, 11) is 0. The molecule has 0 saturated heterocycles. The minimum Gasteiger partial charge on any atom is -0.485 e. The highest BCUT2D eigenvalue weighted by Crippen LogP contribution is 2.27. The number of rotatable bonds is 5. The molecule has 1 atom stereocenters. The van der Waals surface area contributed by atoms with Gasteiger partial charge < -0.3 is 9.84 Å². The van der Waals surface area contributed by atoms with Gasteiger partial charge in [0.25, 0.3) is 0 Å². The van der Waals surface area contributed by atoms with Crippen LogP contribution in [0.25, 0.3) is 0 Å². The van der Waals surface area contributed by atoms with Crippen molar-refractivity contribution in [2.24, 2.45) is 0 Å². The maximum atomic E-state index is 12.8. The first kappa shape index (κ1) is 13.2. The quantitative estimate of drug-likeness (QED) is 0.497. The number of aliphatic carboxylic acids is 1. The highest BCUT2D eigenvalue weighted by Gasteiger charge is 2.20. The van der Waals surface area contributed by atoms with Crippen molar-refractivity contribution in [2.45, 2.75) is 5.38 Å². The number of nitro groups is 1. The predicted molar refractivity (Wildman–Crippen MR) is 55.8 cm³/mol. The summed E-state index contributed by atoms with van der Waals surface area (Å²) < 4.78 is 17.6. The zero-order valence-corrected chi connectivity index (χ0v) is 9.06. The molecule has 8 heteroatoms. The van der Waals surface area contributed by atoms with Crippen LogP contribution in [0.4, 0.5) is 10.1 Å². The summed E-state index contributed by atoms with van der Waals surface area (Å²) in [6, 6.07) is 2.69. The number of carboxylic acids is 1. The Morgan fingerprint density at radius 1 is 1.65 bits per heavy atom. The van der Waals surface area contributed by atoms with Crippen LogP contribution in [0.5, 0.6) is 5.75 Å². The van der Waals surface area contributed by atoms with Crippen LogP contribution in [0, 0.1) is 15.9 Å². The first-order valence-corrected chi connectivity index (χ1v) is 4.79. The molecule has 1 rings (SSSR count). The highest BCUT2D eigenvalue weighted by molar-refractivity contribution is 6.29. The lowest BCUT2D eigenvalue weighted by Crippen LogP contribution is -2.21. The Kier molecular flexibility index (Phi) is 4.22. The number of ether oxygens (including phenoxy) is 1. The van der Waals surface area contributed by atoms with E-state index in [1.807, 2.05) is 0 Å². The molecule has 1 N–H and O–H groups in total. The topological polar surface area (TPSA) is 89.7 Å². The van der Waals surface area contributed by atoms with Gasteiger partial charge in [-0.2, -0.15) is 0 Å². The second kappa shape index (κ2) is 5.44. The van der Waals surface area contributed by atoms with Crippen molar-refractivity contribution < 1.29 is 24.0 Å². The van der Waals surface area contributed by atoms with Crippen molar-refractivity contribution in [2.75, 3.05) is 6.61 Å². The van der Waals surface area contributed by atoms with Gasteiger partial charge in [-0.1, -0.05) is 0 Å². The molecule has 0 aliphatic carbocycles. The van der Waals surface area contributed by atoms with E-state index < -0.39 is 34.4 Å². The fourth-order valence-corrected chi connectivity index (χ4v) is 1.05. The second-order valence-electron chi connectivity index (χ2n) is 2.99. The minimum atomic E-state index is -1.33. The molecule has 6 nitrogen and oxygen atoms in total. The molecular weight excluding hydrogens is 257 g/mol. The summed E-state index contributed by atoms with van der Waals surface area (Å²) in [5.74, 6) is -2.33. The number of alkyl halides is 1. The van der Waals surface area contributed by atoms with Crippen LogP contribution in [0.2, 0.25) is 0 Å². The third-order valence-corrected chi connectivity index (χ3v) is 2.08. The molecule has 0 aromatic heterocycles. The monoisotopic (exact) mass is 263 g/mol. The third kappa shape index (κ3) is 3.56. The van der Waals surface area contributed by atoms with Crippen molar-refractivity contribution in [1.29, 1.82) is 0 Å². The van der Waals surface area contributed by atoms with E-state index in [1.54, 1.807) is 0 Å². The highest BCUT2D eigenvalue weighted by atomic mass is 35.5. The van der Waals surface area contributed by atoms with Crippen LogP contribution in [0.1, 0.15) is 0 Å². The fraction of sp³-hybridized carbons (Fsp3) is 0.222. The summed E-state index contributed by atoms with van der Waals surface area (Å²) in [6.45, 7) is -0.455. The van der Waals surface area contributed by atoms with E-state index in [0.717, 1.165) is 12.1 Å². The molecule has 17 heavy (non-hydrogen) atoms. The molecule has 1 unspecified atom stereocenters. The Bertz CT molecular complexity index is 453. The van der Waals surface area contributed by atoms with Gasteiger partial charge in [0.2, 0.25) is 0 Å². The van der Waals surface area contributed by atoms with Gasteiger partial charge in [0.05, 0.1) is 11.0 Å². The Balaban J connectivity index is 2.84. The smallest absolute Gasteiger partial charge is 0.325 e. The largest absolute Gasteiger partial charge is 0.485 e. The number of hydrogen-bond donors (Lipinski definition) is 1. The van der Waals surface area contributed by atoms with Crippen LogP contribution in [-0.4, -0.2) is 28.0 Å². The van der Waals surface area contributed by atoms with Crippen LogP contribution in [-0.2, 0) is 4.79 Å². The maximum absolute atomic E-state index is 12.8. The molecule has 0 bridgehead atoms. The SMILES string of the molecule is O=C(O)C(Cl)COc1ccc(F)cc1[N+](=O)[O-]. The number of benzene rings is 1. The van der Waals surface area contributed by atoms with Gasteiger partial charge in [-0.3, -0.25) is 14.9 Å². The summed E-state index contributed by atoms with van der Waals surface area (Å²) in [5.41, 5.74) is -0.584. The molecule has 1 aromatic rings. The van der Waals surface area contributed by atoms with E-state index in [0.29, 0.717) is 6.07 Å². The van der Waals surface area contributed by atoms with Crippen LogP contribution < -0.4 is 4.74 Å². The number of halogens is 2. The normalized spacial score (nSPS) is 11.9. The third-order valence-electron chi connectivity index (χ3n) is 1.77. The van der Waals surface area contributed by atoms with Crippen molar-refractivity contribution >= 4 is 23.3 Å². The first-order valence-electron chi connectivity index (χ1n) is 4.35. The molecular formula is C9H7ClFNO5. The van der Waals surface area contributed by atoms with Gasteiger partial charge in [-0.25, -0.2) is 4.39 Å². The number of nitrogens with zero attached hydrogens (tertiary/aromatic N) is 1. The van der Waals surface area contributed by atoms with Crippen molar-refractivity contribution in [3.05, 3.63) is 34.1 Å². The van der Waals surface area contributed by atoms with Gasteiger partial charge in [0.1, 0.15) is 12.4 Å².